The van der Waals surface area contributed by atoms with Crippen LogP contribution in [0.4, 0.5) is 18.4 Å². The SMILES string of the molecule is CC(=O)n1cc(C[C@@H]2[C@@H](O)CCN2C(=O)OC(C)(C)C)c2ccc(F)cc21.CC(C)(C)OC(=O)N1CC[C@H](O)[C@H]1Cc1c[nH]c2cc(F)ccc12. The van der Waals surface area contributed by atoms with E-state index in [0.717, 1.165) is 21.9 Å². The van der Waals surface area contributed by atoms with Crippen LogP contribution in [0.15, 0.2) is 48.8 Å². The second kappa shape index (κ2) is 14.6. The van der Waals surface area contributed by atoms with E-state index in [9.17, 15) is 33.4 Å². The number of likely N-dealkylation sites (tertiary alicyclic amines) is 2. The summed E-state index contributed by atoms with van der Waals surface area (Å²) in [6.07, 6.45) is 3.14. The van der Waals surface area contributed by atoms with Gasteiger partial charge in [-0.25, -0.2) is 18.4 Å². The average molecular weight is 711 g/mol. The number of nitrogens with one attached hydrogen (secondary N) is 1. The number of aliphatic hydroxyl groups is 2. The van der Waals surface area contributed by atoms with Crippen LogP contribution >= 0.6 is 0 Å². The molecule has 0 radical (unpaired) electrons. The molecule has 3 N–H and O–H groups in total. The Labute approximate surface area is 296 Å². The maximum absolute atomic E-state index is 13.6. The molecule has 0 spiro atoms. The van der Waals surface area contributed by atoms with Crippen LogP contribution in [-0.4, -0.2) is 96.2 Å². The van der Waals surface area contributed by atoms with E-state index in [1.165, 1.54) is 40.7 Å². The lowest BCUT2D eigenvalue weighted by Crippen LogP contribution is -2.43. The quantitative estimate of drug-likeness (QED) is 0.218. The van der Waals surface area contributed by atoms with Crippen LogP contribution in [-0.2, 0) is 22.3 Å². The number of hydrogen-bond acceptors (Lipinski definition) is 7. The fraction of sp³-hybridized carbons (Fsp3) is 0.500. The highest BCUT2D eigenvalue weighted by molar-refractivity contribution is 5.93. The van der Waals surface area contributed by atoms with Crippen LogP contribution in [0.1, 0.15) is 77.2 Å². The number of aromatic nitrogens is 2. The number of nitrogens with zero attached hydrogens (tertiary/aromatic N) is 3. The van der Waals surface area contributed by atoms with Crippen molar-refractivity contribution in [2.75, 3.05) is 13.1 Å². The van der Waals surface area contributed by atoms with Gasteiger partial charge in [-0.05, 0) is 115 Å². The number of aromatic amines is 1. The van der Waals surface area contributed by atoms with Gasteiger partial charge in [-0.2, -0.15) is 0 Å². The van der Waals surface area contributed by atoms with Gasteiger partial charge in [-0.1, -0.05) is 0 Å². The van der Waals surface area contributed by atoms with Crippen molar-refractivity contribution in [2.24, 2.45) is 0 Å². The second-order valence-corrected chi connectivity index (χ2v) is 15.3. The Balaban J connectivity index is 0.000000199. The predicted octanol–water partition coefficient (Wildman–Crippen LogP) is 6.57. The topological polar surface area (TPSA) is 137 Å². The highest BCUT2D eigenvalue weighted by Crippen LogP contribution is 2.30. The van der Waals surface area contributed by atoms with E-state index in [1.54, 1.807) is 44.0 Å². The minimum Gasteiger partial charge on any atom is -0.444 e. The zero-order valence-electron chi connectivity index (χ0n) is 30.2. The van der Waals surface area contributed by atoms with Gasteiger partial charge in [0.25, 0.3) is 0 Å². The molecule has 2 saturated heterocycles. The van der Waals surface area contributed by atoms with Crippen LogP contribution in [0.25, 0.3) is 21.8 Å². The highest BCUT2D eigenvalue weighted by Gasteiger charge is 2.40. The van der Waals surface area contributed by atoms with Crippen molar-refractivity contribution in [1.82, 2.24) is 19.4 Å². The number of carbonyl (C=O) groups is 3. The van der Waals surface area contributed by atoms with E-state index in [4.69, 9.17) is 9.47 Å². The van der Waals surface area contributed by atoms with Gasteiger partial charge in [-0.15, -0.1) is 0 Å². The molecule has 51 heavy (non-hydrogen) atoms. The molecule has 2 aliphatic heterocycles. The Morgan fingerprint density at radius 1 is 0.784 bits per heavy atom. The van der Waals surface area contributed by atoms with Crippen molar-refractivity contribution in [3.8, 4) is 0 Å². The summed E-state index contributed by atoms with van der Waals surface area (Å²) < 4.78 is 39.2. The Hall–Kier alpha value is -4.49. The number of H-pyrrole nitrogens is 1. The largest absolute Gasteiger partial charge is 0.444 e. The molecule has 2 amide bonds. The van der Waals surface area contributed by atoms with E-state index in [-0.39, 0.29) is 17.8 Å². The molecule has 2 fully saturated rings. The van der Waals surface area contributed by atoms with Crippen LogP contribution in [0.2, 0.25) is 0 Å². The highest BCUT2D eigenvalue weighted by atomic mass is 19.1. The van der Waals surface area contributed by atoms with Gasteiger partial charge >= 0.3 is 12.2 Å². The molecule has 4 atom stereocenters. The zero-order valence-corrected chi connectivity index (χ0v) is 30.2. The van der Waals surface area contributed by atoms with Crippen molar-refractivity contribution in [1.29, 1.82) is 0 Å². The summed E-state index contributed by atoms with van der Waals surface area (Å²) in [5.41, 5.74) is 1.71. The minimum absolute atomic E-state index is 0.229. The van der Waals surface area contributed by atoms with Gasteiger partial charge in [0.15, 0.2) is 0 Å². The number of amides is 2. The maximum Gasteiger partial charge on any atom is 0.410 e. The summed E-state index contributed by atoms with van der Waals surface area (Å²) in [6.45, 7) is 13.1. The molecule has 0 unspecified atom stereocenters. The molecule has 0 saturated carbocycles. The molecule has 2 aromatic heterocycles. The van der Waals surface area contributed by atoms with Crippen LogP contribution in [0.5, 0.6) is 0 Å². The van der Waals surface area contributed by atoms with Crippen molar-refractivity contribution in [3.05, 3.63) is 71.6 Å². The summed E-state index contributed by atoms with van der Waals surface area (Å²) in [7, 11) is 0. The summed E-state index contributed by atoms with van der Waals surface area (Å²) >= 11 is 0. The lowest BCUT2D eigenvalue weighted by Gasteiger charge is -2.29. The standard InChI is InChI=1S/C20H25FN2O4.C18H23FN2O3/c1-12(24)23-11-13(15-6-5-14(21)10-16(15)23)9-17-18(25)7-8-22(17)19(26)27-20(2,3)4;1-18(2,3)24-17(23)21-7-6-16(22)15(21)8-11-10-20-14-9-12(19)4-5-13(11)14/h5-6,10-11,17-18,25H,7-9H2,1-4H3;4-5,9-10,15-16,20,22H,6-8H2,1-3H3/t17-,18+;15-,16+/m11/s1. The molecular weight excluding hydrogens is 662 g/mol. The first kappa shape index (κ1) is 37.8. The van der Waals surface area contributed by atoms with Gasteiger partial charge in [0, 0.05) is 48.7 Å². The normalized spacial score (nSPS) is 20.8. The number of rotatable bonds is 4. The Kier molecular flexibility index (Phi) is 10.8. The van der Waals surface area contributed by atoms with Crippen molar-refractivity contribution in [3.63, 3.8) is 0 Å². The Morgan fingerprint density at radius 3 is 1.78 bits per heavy atom. The molecule has 0 bridgehead atoms. The molecule has 0 aliphatic carbocycles. The average Bonchev–Trinajstić information content (AvgIpc) is 3.77. The number of aliphatic hydroxyl groups excluding tert-OH is 2. The number of ether oxygens (including phenoxy) is 2. The minimum atomic E-state index is -0.686. The third-order valence-electron chi connectivity index (χ3n) is 9.05. The number of hydrogen-bond donors (Lipinski definition) is 3. The molecule has 276 valence electrons. The van der Waals surface area contributed by atoms with Crippen LogP contribution in [0.3, 0.4) is 0 Å². The van der Waals surface area contributed by atoms with E-state index in [2.05, 4.69) is 4.98 Å². The van der Waals surface area contributed by atoms with Gasteiger partial charge < -0.3 is 34.5 Å². The Bertz CT molecular complexity index is 1910. The van der Waals surface area contributed by atoms with E-state index in [0.29, 0.717) is 49.8 Å². The number of carbonyl (C=O) groups excluding carboxylic acids is 3. The fourth-order valence-electron chi connectivity index (χ4n) is 6.73. The molecule has 11 nitrogen and oxygen atoms in total. The van der Waals surface area contributed by atoms with Crippen molar-refractivity contribution >= 4 is 39.9 Å². The van der Waals surface area contributed by atoms with Gasteiger partial charge in [0.2, 0.25) is 5.91 Å². The van der Waals surface area contributed by atoms with Gasteiger partial charge in [0.1, 0.15) is 22.8 Å². The van der Waals surface area contributed by atoms with Gasteiger partial charge in [-0.3, -0.25) is 9.36 Å². The molecule has 4 heterocycles. The molecular formula is C38H48F2N4O7. The summed E-state index contributed by atoms with van der Waals surface area (Å²) in [5.74, 6) is -0.953. The van der Waals surface area contributed by atoms with Crippen molar-refractivity contribution < 1.29 is 42.9 Å². The number of fused-ring (bicyclic) bond motifs is 2. The van der Waals surface area contributed by atoms with E-state index in [1.807, 2.05) is 27.0 Å². The Morgan fingerprint density at radius 2 is 1.27 bits per heavy atom. The third kappa shape index (κ3) is 8.88. The third-order valence-corrected chi connectivity index (χ3v) is 9.05. The smallest absolute Gasteiger partial charge is 0.410 e. The first-order chi connectivity index (χ1) is 23.8. The summed E-state index contributed by atoms with van der Waals surface area (Å²) in [5, 5.41) is 22.4. The van der Waals surface area contributed by atoms with Gasteiger partial charge in [0.05, 0.1) is 29.8 Å². The fourth-order valence-corrected chi connectivity index (χ4v) is 6.73. The zero-order chi connectivity index (χ0) is 37.4. The molecule has 2 aliphatic rings. The summed E-state index contributed by atoms with van der Waals surface area (Å²) in [4.78, 5) is 43.0. The predicted molar refractivity (Wildman–Crippen MR) is 189 cm³/mol. The van der Waals surface area contributed by atoms with Crippen LogP contribution < -0.4 is 0 Å². The first-order valence-corrected chi connectivity index (χ1v) is 17.2. The number of halogens is 2. The molecule has 4 aromatic rings. The maximum atomic E-state index is 13.6. The second-order valence-electron chi connectivity index (χ2n) is 15.3. The molecule has 13 heteroatoms. The van der Waals surface area contributed by atoms with E-state index >= 15 is 0 Å². The lowest BCUT2D eigenvalue weighted by molar-refractivity contribution is 0.0149. The first-order valence-electron chi connectivity index (χ1n) is 17.2. The summed E-state index contributed by atoms with van der Waals surface area (Å²) in [6, 6.07) is 8.05. The van der Waals surface area contributed by atoms with E-state index < -0.39 is 47.5 Å². The van der Waals surface area contributed by atoms with Crippen LogP contribution in [0, 0.1) is 11.6 Å². The molecule has 2 aromatic carbocycles. The molecule has 6 rings (SSSR count). The lowest BCUT2D eigenvalue weighted by atomic mass is 10.0. The van der Waals surface area contributed by atoms with Crippen molar-refractivity contribution in [2.45, 2.75) is 110 Å². The number of benzene rings is 2. The monoisotopic (exact) mass is 710 g/mol.